The van der Waals surface area contributed by atoms with Crippen LogP contribution in [-0.2, 0) is 0 Å². The number of thioether (sulfide) groups is 1. The van der Waals surface area contributed by atoms with Crippen LogP contribution in [0.15, 0.2) is 29.2 Å². The first-order chi connectivity index (χ1) is 9.83. The minimum atomic E-state index is 0.650. The monoisotopic (exact) mass is 293 g/mol. The maximum absolute atomic E-state index is 5.30. The molecule has 2 rings (SSSR count). The molecule has 0 aromatic heterocycles. The summed E-state index contributed by atoms with van der Waals surface area (Å²) in [5.41, 5.74) is 0. The van der Waals surface area contributed by atoms with Crippen molar-refractivity contribution in [1.82, 2.24) is 5.32 Å². The van der Waals surface area contributed by atoms with Crippen LogP contribution in [0.5, 0.6) is 5.75 Å². The van der Waals surface area contributed by atoms with Crippen molar-refractivity contribution in [1.29, 1.82) is 0 Å². The van der Waals surface area contributed by atoms with Gasteiger partial charge in [0.15, 0.2) is 0 Å². The molecule has 0 amide bonds. The lowest BCUT2D eigenvalue weighted by Gasteiger charge is -2.30. The Bertz CT molecular complexity index is 390. The smallest absolute Gasteiger partial charge is 0.119 e. The number of hydrogen-bond acceptors (Lipinski definition) is 3. The Morgan fingerprint density at radius 1 is 1.30 bits per heavy atom. The molecule has 2 nitrogen and oxygen atoms in total. The topological polar surface area (TPSA) is 21.3 Å². The fourth-order valence-electron chi connectivity index (χ4n) is 3.04. The molecule has 1 N–H and O–H groups in total. The molecule has 1 unspecified atom stereocenters. The molecule has 20 heavy (non-hydrogen) atoms. The van der Waals surface area contributed by atoms with E-state index in [0.717, 1.165) is 24.0 Å². The summed E-state index contributed by atoms with van der Waals surface area (Å²) >= 11 is 1.95. The summed E-state index contributed by atoms with van der Waals surface area (Å²) in [5.74, 6) is 2.97. The summed E-state index contributed by atoms with van der Waals surface area (Å²) < 4.78 is 5.30. The predicted molar refractivity (Wildman–Crippen MR) is 87.8 cm³/mol. The van der Waals surface area contributed by atoms with Gasteiger partial charge in [-0.25, -0.2) is 0 Å². The molecule has 1 aliphatic carbocycles. The highest BCUT2D eigenvalue weighted by Crippen LogP contribution is 2.30. The summed E-state index contributed by atoms with van der Waals surface area (Å²) in [6.07, 6.45) is 7.05. The molecule has 1 fully saturated rings. The van der Waals surface area contributed by atoms with Crippen molar-refractivity contribution in [3.05, 3.63) is 24.3 Å². The van der Waals surface area contributed by atoms with Gasteiger partial charge in [-0.1, -0.05) is 32.3 Å². The van der Waals surface area contributed by atoms with E-state index < -0.39 is 0 Å². The Morgan fingerprint density at radius 2 is 2.10 bits per heavy atom. The number of methoxy groups -OCH3 is 1. The Kier molecular flexibility index (Phi) is 6.74. The fourth-order valence-corrected chi connectivity index (χ4v) is 4.17. The molecule has 1 atom stereocenters. The molecule has 0 bridgehead atoms. The van der Waals surface area contributed by atoms with Crippen molar-refractivity contribution in [3.8, 4) is 5.75 Å². The van der Waals surface area contributed by atoms with E-state index in [1.807, 2.05) is 17.8 Å². The molecule has 1 aromatic rings. The van der Waals surface area contributed by atoms with Crippen molar-refractivity contribution in [3.63, 3.8) is 0 Å². The zero-order chi connectivity index (χ0) is 14.2. The average Bonchev–Trinajstić information content (AvgIpc) is 2.52. The van der Waals surface area contributed by atoms with Gasteiger partial charge in [0.05, 0.1) is 7.11 Å². The molecule has 1 aromatic carbocycles. The van der Waals surface area contributed by atoms with E-state index in [1.54, 1.807) is 7.11 Å². The maximum atomic E-state index is 5.30. The molecule has 0 aliphatic heterocycles. The first-order valence-corrected chi connectivity index (χ1v) is 8.82. The van der Waals surface area contributed by atoms with E-state index in [-0.39, 0.29) is 0 Å². The quantitative estimate of drug-likeness (QED) is 0.755. The summed E-state index contributed by atoms with van der Waals surface area (Å²) in [5, 5.41) is 3.70. The third-order valence-corrected chi connectivity index (χ3v) is 5.27. The van der Waals surface area contributed by atoms with Gasteiger partial charge in [0.1, 0.15) is 5.75 Å². The summed E-state index contributed by atoms with van der Waals surface area (Å²) in [4.78, 5) is 1.31. The Hall–Kier alpha value is -0.670. The van der Waals surface area contributed by atoms with E-state index in [4.69, 9.17) is 4.74 Å². The van der Waals surface area contributed by atoms with Crippen LogP contribution in [0.4, 0.5) is 0 Å². The highest BCUT2D eigenvalue weighted by atomic mass is 32.2. The average molecular weight is 293 g/mol. The first kappa shape index (κ1) is 15.7. The Labute approximate surface area is 127 Å². The molecule has 0 heterocycles. The molecule has 1 aliphatic rings. The third kappa shape index (κ3) is 4.71. The van der Waals surface area contributed by atoms with Crippen molar-refractivity contribution in [2.45, 2.75) is 50.0 Å². The van der Waals surface area contributed by atoms with E-state index in [0.29, 0.717) is 6.04 Å². The van der Waals surface area contributed by atoms with Crippen molar-refractivity contribution < 1.29 is 4.74 Å². The molecular formula is C17H27NOS. The predicted octanol–water partition coefficient (Wildman–Crippen LogP) is 4.35. The van der Waals surface area contributed by atoms with Crippen LogP contribution in [-0.4, -0.2) is 25.4 Å². The number of ether oxygens (including phenoxy) is 1. The Balaban J connectivity index is 1.90. The maximum Gasteiger partial charge on any atom is 0.119 e. The normalized spacial score (nSPS) is 17.9. The molecule has 3 heteroatoms. The second-order valence-corrected chi connectivity index (χ2v) is 6.65. The first-order valence-electron chi connectivity index (χ1n) is 7.83. The van der Waals surface area contributed by atoms with E-state index in [9.17, 15) is 0 Å². The molecule has 1 saturated carbocycles. The van der Waals surface area contributed by atoms with Gasteiger partial charge in [-0.3, -0.25) is 0 Å². The van der Waals surface area contributed by atoms with Crippen LogP contribution in [0, 0.1) is 5.92 Å². The van der Waals surface area contributed by atoms with Gasteiger partial charge in [-0.05, 0) is 43.5 Å². The summed E-state index contributed by atoms with van der Waals surface area (Å²) in [7, 11) is 1.73. The van der Waals surface area contributed by atoms with Gasteiger partial charge in [0.25, 0.3) is 0 Å². The minimum Gasteiger partial charge on any atom is -0.497 e. The van der Waals surface area contributed by atoms with Crippen LogP contribution in [0.1, 0.15) is 39.0 Å². The molecule has 0 saturated heterocycles. The van der Waals surface area contributed by atoms with E-state index in [1.165, 1.54) is 37.0 Å². The van der Waals surface area contributed by atoms with Gasteiger partial charge in [-0.15, -0.1) is 11.8 Å². The lowest BCUT2D eigenvalue weighted by atomic mass is 9.84. The van der Waals surface area contributed by atoms with Gasteiger partial charge in [0, 0.05) is 16.7 Å². The van der Waals surface area contributed by atoms with Crippen LogP contribution in [0.25, 0.3) is 0 Å². The zero-order valence-electron chi connectivity index (χ0n) is 12.7. The SMILES string of the molecule is CCNC(CSc1cccc(OC)c1)C1CCCCC1. The third-order valence-electron chi connectivity index (χ3n) is 4.16. The van der Waals surface area contributed by atoms with Crippen molar-refractivity contribution >= 4 is 11.8 Å². The minimum absolute atomic E-state index is 0.650. The number of rotatable bonds is 7. The summed E-state index contributed by atoms with van der Waals surface area (Å²) in [6, 6.07) is 9.04. The van der Waals surface area contributed by atoms with E-state index in [2.05, 4.69) is 30.4 Å². The van der Waals surface area contributed by atoms with Crippen LogP contribution < -0.4 is 10.1 Å². The van der Waals surface area contributed by atoms with Crippen LogP contribution in [0.3, 0.4) is 0 Å². The Morgan fingerprint density at radius 3 is 2.80 bits per heavy atom. The lowest BCUT2D eigenvalue weighted by molar-refractivity contribution is 0.288. The molecular weight excluding hydrogens is 266 g/mol. The number of nitrogens with one attached hydrogen (secondary N) is 1. The standard InChI is InChI=1S/C17H27NOS/c1-3-18-17(14-8-5-4-6-9-14)13-20-16-11-7-10-15(12-16)19-2/h7,10-12,14,17-18H,3-6,8-9,13H2,1-2H3. The number of hydrogen-bond donors (Lipinski definition) is 1. The largest absolute Gasteiger partial charge is 0.497 e. The highest BCUT2D eigenvalue weighted by molar-refractivity contribution is 7.99. The van der Waals surface area contributed by atoms with Crippen LogP contribution >= 0.6 is 11.8 Å². The van der Waals surface area contributed by atoms with E-state index >= 15 is 0 Å². The van der Waals surface area contributed by atoms with Crippen molar-refractivity contribution in [2.75, 3.05) is 19.4 Å². The molecule has 0 radical (unpaired) electrons. The fraction of sp³-hybridized carbons (Fsp3) is 0.647. The van der Waals surface area contributed by atoms with Gasteiger partial charge in [0.2, 0.25) is 0 Å². The molecule has 112 valence electrons. The van der Waals surface area contributed by atoms with Gasteiger partial charge < -0.3 is 10.1 Å². The van der Waals surface area contributed by atoms with Crippen LogP contribution in [0.2, 0.25) is 0 Å². The van der Waals surface area contributed by atoms with Gasteiger partial charge >= 0.3 is 0 Å². The lowest BCUT2D eigenvalue weighted by Crippen LogP contribution is -2.39. The number of benzene rings is 1. The van der Waals surface area contributed by atoms with Crippen molar-refractivity contribution in [2.24, 2.45) is 5.92 Å². The zero-order valence-corrected chi connectivity index (χ0v) is 13.5. The second kappa shape index (κ2) is 8.58. The summed E-state index contributed by atoms with van der Waals surface area (Å²) in [6.45, 7) is 3.28. The highest BCUT2D eigenvalue weighted by Gasteiger charge is 2.22. The second-order valence-electron chi connectivity index (χ2n) is 5.55. The molecule has 0 spiro atoms. The van der Waals surface area contributed by atoms with Gasteiger partial charge in [-0.2, -0.15) is 0 Å².